The lowest BCUT2D eigenvalue weighted by Gasteiger charge is -2.30. The summed E-state index contributed by atoms with van der Waals surface area (Å²) in [4.78, 5) is 71.8. The number of rotatable bonds is 6. The quantitative estimate of drug-likeness (QED) is 0.330. The molecule has 5 amide bonds. The summed E-state index contributed by atoms with van der Waals surface area (Å²) in [6, 6.07) is 8.80. The molecule has 3 N–H and O–H groups in total. The molecule has 1 saturated heterocycles. The van der Waals surface area contributed by atoms with E-state index in [2.05, 4.69) is 41.9 Å². The van der Waals surface area contributed by atoms with Gasteiger partial charge in [-0.3, -0.25) is 19.3 Å². The highest BCUT2D eigenvalue weighted by atomic mass is 19.1. The van der Waals surface area contributed by atoms with Gasteiger partial charge in [-0.2, -0.15) is 0 Å². The van der Waals surface area contributed by atoms with Crippen molar-refractivity contribution >= 4 is 29.9 Å². The first kappa shape index (κ1) is 39.7. The predicted molar refractivity (Wildman–Crippen MR) is 203 cm³/mol. The van der Waals surface area contributed by atoms with Crippen molar-refractivity contribution in [1.29, 1.82) is 0 Å². The Hall–Kier alpha value is -4.94. The first-order chi connectivity index (χ1) is 26.1. The summed E-state index contributed by atoms with van der Waals surface area (Å²) in [7, 11) is 0. The average Bonchev–Trinajstić information content (AvgIpc) is 3.41. The second kappa shape index (κ2) is 16.4. The van der Waals surface area contributed by atoms with Crippen LogP contribution in [0.1, 0.15) is 93.5 Å². The molecule has 4 aliphatic rings. The summed E-state index contributed by atoms with van der Waals surface area (Å²) in [6.45, 7) is 9.77. The zero-order valence-corrected chi connectivity index (χ0v) is 32.5. The van der Waals surface area contributed by atoms with Gasteiger partial charge in [-0.1, -0.05) is 55.3 Å². The fraction of sp³-hybridized carbons (Fsp3) is 0.548. The smallest absolute Gasteiger partial charge is 0.410 e. The average molecular weight is 760 g/mol. The molecule has 13 heteroatoms. The molecule has 3 aliphatic heterocycles. The number of amides is 5. The Morgan fingerprint density at radius 2 is 1.84 bits per heavy atom. The first-order valence-corrected chi connectivity index (χ1v) is 19.5. The van der Waals surface area contributed by atoms with Gasteiger partial charge in [0.25, 0.3) is 0 Å². The van der Waals surface area contributed by atoms with Crippen LogP contribution < -0.4 is 16.0 Å². The lowest BCUT2D eigenvalue weighted by Crippen LogP contribution is -2.58. The molecule has 2 aromatic carbocycles. The molecule has 12 nitrogen and oxygen atoms in total. The Morgan fingerprint density at radius 3 is 2.58 bits per heavy atom. The van der Waals surface area contributed by atoms with Crippen LogP contribution in [0, 0.1) is 25.6 Å². The SMILES string of the molecule is Cc1ccc(CCNC(=O)C23CC2/C=C\CCCCCC(NC(=O)OC(C)(C)C)C(=O)N2C[C@H](OC(=O)N4Cc5cccc(F)c5C4)C[C@H]2C(=O)N3)cc1C. The monoisotopic (exact) mass is 759 g/mol. The van der Waals surface area contributed by atoms with Crippen LogP contribution in [0.5, 0.6) is 0 Å². The third-order valence-corrected chi connectivity index (χ3v) is 11.1. The zero-order valence-electron chi connectivity index (χ0n) is 32.5. The predicted octanol–water partition coefficient (Wildman–Crippen LogP) is 5.51. The normalized spacial score (nSPS) is 26.0. The van der Waals surface area contributed by atoms with Crippen molar-refractivity contribution in [2.24, 2.45) is 5.92 Å². The van der Waals surface area contributed by atoms with E-state index in [1.165, 1.54) is 27.0 Å². The van der Waals surface area contributed by atoms with E-state index in [0.29, 0.717) is 43.4 Å². The van der Waals surface area contributed by atoms with Gasteiger partial charge >= 0.3 is 12.2 Å². The topological polar surface area (TPSA) is 146 Å². The third-order valence-electron chi connectivity index (χ3n) is 11.1. The van der Waals surface area contributed by atoms with E-state index in [0.717, 1.165) is 24.8 Å². The number of allylic oxidation sites excluding steroid dienone is 1. The Morgan fingerprint density at radius 1 is 1.04 bits per heavy atom. The van der Waals surface area contributed by atoms with E-state index in [-0.39, 0.29) is 37.9 Å². The van der Waals surface area contributed by atoms with Crippen molar-refractivity contribution < 1.29 is 37.8 Å². The summed E-state index contributed by atoms with van der Waals surface area (Å²) in [6.07, 6.45) is 6.05. The van der Waals surface area contributed by atoms with Crippen molar-refractivity contribution in [1.82, 2.24) is 25.8 Å². The molecule has 55 heavy (non-hydrogen) atoms. The Labute approximate surface area is 322 Å². The van der Waals surface area contributed by atoms with Gasteiger partial charge in [0.1, 0.15) is 35.1 Å². The third kappa shape index (κ3) is 9.48. The van der Waals surface area contributed by atoms with Gasteiger partial charge in [-0.25, -0.2) is 14.0 Å². The molecule has 0 bridgehead atoms. The fourth-order valence-electron chi connectivity index (χ4n) is 7.78. The lowest BCUT2D eigenvalue weighted by molar-refractivity contribution is -0.141. The van der Waals surface area contributed by atoms with E-state index < -0.39 is 59.1 Å². The van der Waals surface area contributed by atoms with Crippen molar-refractivity contribution in [2.75, 3.05) is 13.1 Å². The van der Waals surface area contributed by atoms with Gasteiger partial charge in [0.15, 0.2) is 0 Å². The minimum Gasteiger partial charge on any atom is -0.444 e. The molecule has 2 aromatic rings. The summed E-state index contributed by atoms with van der Waals surface area (Å²) < 4.78 is 25.9. The van der Waals surface area contributed by atoms with Gasteiger partial charge in [-0.05, 0) is 95.0 Å². The van der Waals surface area contributed by atoms with Gasteiger partial charge < -0.3 is 30.3 Å². The molecule has 0 aromatic heterocycles. The molecule has 6 rings (SSSR count). The minimum absolute atomic E-state index is 0.0252. The van der Waals surface area contributed by atoms with E-state index in [1.807, 2.05) is 18.2 Å². The molecule has 1 aliphatic carbocycles. The fourth-order valence-corrected chi connectivity index (χ4v) is 7.78. The molecule has 0 spiro atoms. The maximum Gasteiger partial charge on any atom is 0.410 e. The highest BCUT2D eigenvalue weighted by molar-refractivity contribution is 5.98. The van der Waals surface area contributed by atoms with Crippen LogP contribution in [0.15, 0.2) is 48.6 Å². The van der Waals surface area contributed by atoms with Crippen molar-refractivity contribution in [2.45, 2.75) is 128 Å². The van der Waals surface area contributed by atoms with Gasteiger partial charge in [-0.15, -0.1) is 0 Å². The molecular weight excluding hydrogens is 705 g/mol. The zero-order chi connectivity index (χ0) is 39.5. The first-order valence-electron chi connectivity index (χ1n) is 19.5. The second-order valence-corrected chi connectivity index (χ2v) is 16.4. The number of ether oxygens (including phenoxy) is 2. The van der Waals surface area contributed by atoms with E-state index in [9.17, 15) is 28.4 Å². The van der Waals surface area contributed by atoms with Crippen LogP contribution in [0.4, 0.5) is 14.0 Å². The highest BCUT2D eigenvalue weighted by Crippen LogP contribution is 2.45. The summed E-state index contributed by atoms with van der Waals surface area (Å²) in [5.74, 6) is -1.99. The highest BCUT2D eigenvalue weighted by Gasteiger charge is 2.61. The number of carbonyl (C=O) groups excluding carboxylic acids is 5. The number of carbonyl (C=O) groups is 5. The van der Waals surface area contributed by atoms with E-state index >= 15 is 0 Å². The van der Waals surface area contributed by atoms with Gasteiger partial charge in [0.2, 0.25) is 17.7 Å². The van der Waals surface area contributed by atoms with Crippen LogP contribution >= 0.6 is 0 Å². The summed E-state index contributed by atoms with van der Waals surface area (Å²) >= 11 is 0. The molecule has 0 radical (unpaired) electrons. The standard InChI is InChI=1S/C42H54FN5O7/c1-26-16-17-28(20-27(26)2)18-19-44-38(51)42-22-30(42)13-9-7-6-8-10-15-34(45-39(52)55-41(3,4)5)37(50)48-24-31(21-35(48)36(49)46-42)54-40(53)47-23-29-12-11-14-33(43)32(29)25-47/h9,11-14,16-17,20,30-31,34-35H,6-8,10,15,18-19,21-25H2,1-5H3,(H,44,51)(H,45,52)(H,46,49)/b13-9-/t30?,31-,34?,35+,42?/m1/s1. The van der Waals surface area contributed by atoms with Crippen LogP contribution in [0.3, 0.4) is 0 Å². The van der Waals surface area contributed by atoms with E-state index in [4.69, 9.17) is 9.47 Å². The van der Waals surface area contributed by atoms with Gasteiger partial charge in [0, 0.05) is 31.0 Å². The summed E-state index contributed by atoms with van der Waals surface area (Å²) in [5, 5.41) is 8.80. The van der Waals surface area contributed by atoms with E-state index in [1.54, 1.807) is 32.9 Å². The number of hydrogen-bond donors (Lipinski definition) is 3. The Bertz CT molecular complexity index is 1840. The number of nitrogens with zero attached hydrogens (tertiary/aromatic N) is 2. The van der Waals surface area contributed by atoms with Gasteiger partial charge in [0.05, 0.1) is 13.1 Å². The number of nitrogens with one attached hydrogen (secondary N) is 3. The molecule has 5 atom stereocenters. The Kier molecular flexibility index (Phi) is 11.9. The summed E-state index contributed by atoms with van der Waals surface area (Å²) in [5.41, 5.74) is 2.56. The van der Waals surface area contributed by atoms with Crippen LogP contribution in [-0.4, -0.2) is 82.1 Å². The number of alkyl carbamates (subject to hydrolysis) is 1. The Balaban J connectivity index is 1.22. The van der Waals surface area contributed by atoms with Crippen LogP contribution in [-0.2, 0) is 43.4 Å². The van der Waals surface area contributed by atoms with Crippen LogP contribution in [0.25, 0.3) is 0 Å². The van der Waals surface area contributed by atoms with Crippen LogP contribution in [0.2, 0.25) is 0 Å². The molecule has 296 valence electrons. The number of fused-ring (bicyclic) bond motifs is 3. The number of benzene rings is 2. The van der Waals surface area contributed by atoms with Crippen molar-refractivity contribution in [3.8, 4) is 0 Å². The number of hydrogen-bond acceptors (Lipinski definition) is 7. The minimum atomic E-state index is -1.21. The molecule has 1 saturated carbocycles. The second-order valence-electron chi connectivity index (χ2n) is 16.4. The molecule has 3 unspecified atom stereocenters. The number of halogens is 1. The lowest BCUT2D eigenvalue weighted by atomic mass is 10.0. The maximum absolute atomic E-state index is 14.5. The van der Waals surface area contributed by atoms with Crippen molar-refractivity contribution in [3.63, 3.8) is 0 Å². The molecule has 3 heterocycles. The maximum atomic E-state index is 14.5. The largest absolute Gasteiger partial charge is 0.444 e. The van der Waals surface area contributed by atoms with Crippen molar-refractivity contribution in [3.05, 3.63) is 82.2 Å². The molecular formula is C42H54FN5O7. The molecule has 2 fully saturated rings. The number of aryl methyl sites for hydroxylation is 2.